The van der Waals surface area contributed by atoms with E-state index in [1.165, 1.54) is 0 Å². The zero-order valence-electron chi connectivity index (χ0n) is 7.25. The number of rotatable bonds is 3. The Balaban J connectivity index is 2.78. The highest BCUT2D eigenvalue weighted by atomic mass is 15.3. The molecule has 0 aliphatic rings. The molecule has 1 aromatic heterocycles. The van der Waals surface area contributed by atoms with Crippen molar-refractivity contribution in [3.63, 3.8) is 0 Å². The molecule has 2 N–H and O–H groups in total. The van der Waals surface area contributed by atoms with E-state index >= 15 is 0 Å². The molecule has 0 saturated heterocycles. The van der Waals surface area contributed by atoms with Gasteiger partial charge < -0.3 is 5.73 Å². The largest absolute Gasteiger partial charge is 0.325 e. The third-order valence-electron chi connectivity index (χ3n) is 1.82. The molecule has 3 heteroatoms. The Kier molecular flexibility index (Phi) is 2.89. The molecule has 3 nitrogen and oxygen atoms in total. The van der Waals surface area contributed by atoms with Crippen molar-refractivity contribution >= 4 is 0 Å². The van der Waals surface area contributed by atoms with Crippen molar-refractivity contribution in [2.24, 2.45) is 5.73 Å². The van der Waals surface area contributed by atoms with Gasteiger partial charge in [-0.3, -0.25) is 4.68 Å². The van der Waals surface area contributed by atoms with Gasteiger partial charge in [-0.25, -0.2) is 0 Å². The summed E-state index contributed by atoms with van der Waals surface area (Å²) in [7, 11) is 0. The van der Waals surface area contributed by atoms with E-state index in [-0.39, 0.29) is 0 Å². The molecule has 0 fully saturated rings. The van der Waals surface area contributed by atoms with Crippen LogP contribution in [0.25, 0.3) is 0 Å². The molecule has 0 atom stereocenters. The molecule has 0 amide bonds. The lowest BCUT2D eigenvalue weighted by molar-refractivity contribution is 0.597. The fourth-order valence-corrected chi connectivity index (χ4v) is 1.13. The second kappa shape index (κ2) is 3.93. The molecule has 12 heavy (non-hydrogen) atoms. The van der Waals surface area contributed by atoms with Crippen LogP contribution in [0.3, 0.4) is 0 Å². The van der Waals surface area contributed by atoms with Gasteiger partial charge in [0.05, 0.1) is 18.4 Å². The van der Waals surface area contributed by atoms with Gasteiger partial charge in [0.2, 0.25) is 0 Å². The summed E-state index contributed by atoms with van der Waals surface area (Å²) in [4.78, 5) is 0. The number of terminal acetylenes is 1. The smallest absolute Gasteiger partial charge is 0.0549 e. The van der Waals surface area contributed by atoms with Gasteiger partial charge in [0.15, 0.2) is 0 Å². The van der Waals surface area contributed by atoms with Crippen LogP contribution in [0, 0.1) is 19.3 Å². The second-order valence-electron chi connectivity index (χ2n) is 2.66. The summed E-state index contributed by atoms with van der Waals surface area (Å²) < 4.78 is 1.87. The van der Waals surface area contributed by atoms with Crippen LogP contribution >= 0.6 is 0 Å². The monoisotopic (exact) mass is 163 g/mol. The highest BCUT2D eigenvalue weighted by Crippen LogP contribution is 2.05. The topological polar surface area (TPSA) is 43.8 Å². The summed E-state index contributed by atoms with van der Waals surface area (Å²) >= 11 is 0. The molecule has 1 heterocycles. The zero-order chi connectivity index (χ0) is 8.97. The molecule has 0 radical (unpaired) electrons. The van der Waals surface area contributed by atoms with E-state index in [9.17, 15) is 0 Å². The fourth-order valence-electron chi connectivity index (χ4n) is 1.13. The van der Waals surface area contributed by atoms with Crippen molar-refractivity contribution in [2.75, 3.05) is 0 Å². The van der Waals surface area contributed by atoms with Crippen LogP contribution < -0.4 is 5.73 Å². The maximum absolute atomic E-state index is 5.56. The molecular weight excluding hydrogens is 150 g/mol. The lowest BCUT2D eigenvalue weighted by Crippen LogP contribution is -2.09. The quantitative estimate of drug-likeness (QED) is 0.666. The summed E-state index contributed by atoms with van der Waals surface area (Å²) in [5.41, 5.74) is 7.76. The van der Waals surface area contributed by atoms with Crippen molar-refractivity contribution in [3.05, 3.63) is 17.5 Å². The molecule has 64 valence electrons. The SMILES string of the molecule is C#CCCn1ncc(C)c1CN. The van der Waals surface area contributed by atoms with Crippen LogP contribution in [-0.4, -0.2) is 9.78 Å². The van der Waals surface area contributed by atoms with E-state index in [0.29, 0.717) is 13.0 Å². The maximum atomic E-state index is 5.56. The first-order valence-electron chi connectivity index (χ1n) is 3.94. The van der Waals surface area contributed by atoms with E-state index in [1.807, 2.05) is 17.8 Å². The van der Waals surface area contributed by atoms with Gasteiger partial charge in [0.25, 0.3) is 0 Å². The van der Waals surface area contributed by atoms with Crippen molar-refractivity contribution in [1.82, 2.24) is 9.78 Å². The van der Waals surface area contributed by atoms with Gasteiger partial charge >= 0.3 is 0 Å². The van der Waals surface area contributed by atoms with Crippen LogP contribution in [0.4, 0.5) is 0 Å². The fraction of sp³-hybridized carbons (Fsp3) is 0.444. The van der Waals surface area contributed by atoms with Gasteiger partial charge in [-0.1, -0.05) is 0 Å². The van der Waals surface area contributed by atoms with Gasteiger partial charge in [-0.2, -0.15) is 5.10 Å². The normalized spacial score (nSPS) is 9.75. The number of aromatic nitrogens is 2. The first-order chi connectivity index (χ1) is 5.79. The lowest BCUT2D eigenvalue weighted by Gasteiger charge is -2.03. The minimum Gasteiger partial charge on any atom is -0.325 e. The Bertz CT molecular complexity index is 293. The number of hydrogen-bond acceptors (Lipinski definition) is 2. The van der Waals surface area contributed by atoms with E-state index in [1.54, 1.807) is 0 Å². The van der Waals surface area contributed by atoms with Crippen LogP contribution in [0.1, 0.15) is 17.7 Å². The molecule has 0 aliphatic heterocycles. The van der Waals surface area contributed by atoms with Gasteiger partial charge in [-0.05, 0) is 12.5 Å². The number of nitrogens with zero attached hydrogens (tertiary/aromatic N) is 2. The Hall–Kier alpha value is -1.27. The Labute approximate surface area is 72.6 Å². The van der Waals surface area contributed by atoms with E-state index in [0.717, 1.165) is 17.8 Å². The van der Waals surface area contributed by atoms with Crippen LogP contribution in [0.5, 0.6) is 0 Å². The molecular formula is C9H13N3. The van der Waals surface area contributed by atoms with Gasteiger partial charge in [0, 0.05) is 13.0 Å². The van der Waals surface area contributed by atoms with Crippen molar-refractivity contribution in [2.45, 2.75) is 26.4 Å². The molecule has 1 rings (SSSR count). The summed E-state index contributed by atoms with van der Waals surface area (Å²) in [6.07, 6.45) is 7.67. The summed E-state index contributed by atoms with van der Waals surface area (Å²) in [6, 6.07) is 0. The summed E-state index contributed by atoms with van der Waals surface area (Å²) in [5, 5.41) is 4.17. The number of hydrogen-bond donors (Lipinski definition) is 1. The molecule has 0 aromatic carbocycles. The van der Waals surface area contributed by atoms with E-state index in [4.69, 9.17) is 12.2 Å². The molecule has 0 bridgehead atoms. The van der Waals surface area contributed by atoms with Crippen LogP contribution in [0.2, 0.25) is 0 Å². The number of nitrogens with two attached hydrogens (primary N) is 1. The third-order valence-corrected chi connectivity index (χ3v) is 1.82. The summed E-state index contributed by atoms with van der Waals surface area (Å²) in [6.45, 7) is 3.29. The standard InChI is InChI=1S/C9H13N3/c1-3-4-5-12-9(6-10)8(2)7-11-12/h1,7H,4-6,10H2,2H3. The predicted molar refractivity (Wildman–Crippen MR) is 48.3 cm³/mol. The minimum absolute atomic E-state index is 0.524. The zero-order valence-corrected chi connectivity index (χ0v) is 7.25. The van der Waals surface area contributed by atoms with Crippen LogP contribution in [0.15, 0.2) is 6.20 Å². The summed E-state index contributed by atoms with van der Waals surface area (Å²) in [5.74, 6) is 2.58. The first-order valence-corrected chi connectivity index (χ1v) is 3.94. The average molecular weight is 163 g/mol. The second-order valence-corrected chi connectivity index (χ2v) is 2.66. The van der Waals surface area contributed by atoms with E-state index < -0.39 is 0 Å². The molecule has 0 spiro atoms. The minimum atomic E-state index is 0.524. The highest BCUT2D eigenvalue weighted by molar-refractivity contribution is 5.15. The van der Waals surface area contributed by atoms with Crippen molar-refractivity contribution in [1.29, 1.82) is 0 Å². The molecule has 0 unspecified atom stereocenters. The van der Waals surface area contributed by atoms with Crippen molar-refractivity contribution < 1.29 is 0 Å². The van der Waals surface area contributed by atoms with Crippen molar-refractivity contribution in [3.8, 4) is 12.3 Å². The highest BCUT2D eigenvalue weighted by Gasteiger charge is 2.03. The van der Waals surface area contributed by atoms with E-state index in [2.05, 4.69) is 11.0 Å². The Morgan fingerprint density at radius 3 is 3.08 bits per heavy atom. The maximum Gasteiger partial charge on any atom is 0.0549 e. The predicted octanol–water partition coefficient (Wildman–Crippen LogP) is 0.674. The molecule has 0 aliphatic carbocycles. The Morgan fingerprint density at radius 1 is 1.75 bits per heavy atom. The lowest BCUT2D eigenvalue weighted by atomic mass is 10.3. The van der Waals surface area contributed by atoms with Gasteiger partial charge in [-0.15, -0.1) is 12.3 Å². The number of aryl methyl sites for hydroxylation is 2. The molecule has 1 aromatic rings. The Morgan fingerprint density at radius 2 is 2.50 bits per heavy atom. The van der Waals surface area contributed by atoms with Crippen LogP contribution in [-0.2, 0) is 13.1 Å². The third kappa shape index (κ3) is 1.66. The average Bonchev–Trinajstić information content (AvgIpc) is 2.43. The van der Waals surface area contributed by atoms with Gasteiger partial charge in [0.1, 0.15) is 0 Å². The first kappa shape index (κ1) is 8.82. The molecule has 0 saturated carbocycles.